The van der Waals surface area contributed by atoms with Crippen LogP contribution in [-0.4, -0.2) is 42.1 Å². The molecule has 0 aliphatic carbocycles. The maximum Gasteiger partial charge on any atom is 0.275 e. The lowest BCUT2D eigenvalue weighted by Crippen LogP contribution is -2.46. The van der Waals surface area contributed by atoms with Crippen LogP contribution in [-0.2, 0) is 0 Å². The lowest BCUT2D eigenvalue weighted by Gasteiger charge is -2.36. The first-order valence-electron chi connectivity index (χ1n) is 9.13. The van der Waals surface area contributed by atoms with Gasteiger partial charge in [0, 0.05) is 42.6 Å². The Morgan fingerprint density at radius 2 is 1.64 bits per heavy atom. The Labute approximate surface area is 168 Å². The van der Waals surface area contributed by atoms with Crippen molar-refractivity contribution in [3.8, 4) is 0 Å². The molecule has 0 bridgehead atoms. The zero-order valence-corrected chi connectivity index (χ0v) is 16.0. The van der Waals surface area contributed by atoms with Crippen LogP contribution >= 0.6 is 11.6 Å². The molecule has 1 amide bonds. The zero-order chi connectivity index (χ0) is 19.3. The molecule has 1 saturated heterocycles. The third-order valence-electron chi connectivity index (χ3n) is 4.68. The Kier molecular flexibility index (Phi) is 5.39. The molecule has 6 nitrogen and oxygen atoms in total. The number of hydrogen-bond acceptors (Lipinski definition) is 5. The standard InChI is InChI=1S/C21H20ClN5O/c22-16-5-4-8-18(13-16)26-9-11-27(12-10-26)20-15-23-19(14-24-20)21(28)25-17-6-2-1-3-7-17/h1-8,13-15H,9-12H2,(H,25,28). The summed E-state index contributed by atoms with van der Waals surface area (Å²) in [5.41, 5.74) is 2.16. The van der Waals surface area contributed by atoms with Crippen molar-refractivity contribution >= 4 is 34.7 Å². The summed E-state index contributed by atoms with van der Waals surface area (Å²) in [6.45, 7) is 3.41. The number of piperazine rings is 1. The number of hydrogen-bond donors (Lipinski definition) is 1. The van der Waals surface area contributed by atoms with Gasteiger partial charge in [0.05, 0.1) is 12.4 Å². The highest BCUT2D eigenvalue weighted by Gasteiger charge is 2.19. The van der Waals surface area contributed by atoms with Crippen molar-refractivity contribution in [1.29, 1.82) is 0 Å². The second-order valence-electron chi connectivity index (χ2n) is 6.53. The molecule has 4 rings (SSSR count). The molecule has 3 aromatic rings. The van der Waals surface area contributed by atoms with Crippen LogP contribution in [0.4, 0.5) is 17.2 Å². The van der Waals surface area contributed by atoms with E-state index in [2.05, 4.69) is 31.2 Å². The van der Waals surface area contributed by atoms with Gasteiger partial charge in [-0.25, -0.2) is 9.97 Å². The number of nitrogens with zero attached hydrogens (tertiary/aromatic N) is 4. The van der Waals surface area contributed by atoms with Crippen molar-refractivity contribution in [2.75, 3.05) is 41.3 Å². The molecule has 0 spiro atoms. The van der Waals surface area contributed by atoms with Crippen molar-refractivity contribution in [3.63, 3.8) is 0 Å². The monoisotopic (exact) mass is 393 g/mol. The average Bonchev–Trinajstić information content (AvgIpc) is 2.75. The predicted molar refractivity (Wildman–Crippen MR) is 112 cm³/mol. The summed E-state index contributed by atoms with van der Waals surface area (Å²) in [6, 6.07) is 17.2. The van der Waals surface area contributed by atoms with Gasteiger partial charge in [0.1, 0.15) is 11.5 Å². The first-order chi connectivity index (χ1) is 13.7. The van der Waals surface area contributed by atoms with Crippen molar-refractivity contribution < 1.29 is 4.79 Å². The highest BCUT2D eigenvalue weighted by molar-refractivity contribution is 6.30. The smallest absolute Gasteiger partial charge is 0.275 e. The lowest BCUT2D eigenvalue weighted by molar-refractivity contribution is 0.102. The maximum atomic E-state index is 12.3. The summed E-state index contributed by atoms with van der Waals surface area (Å²) in [7, 11) is 0. The largest absolute Gasteiger partial charge is 0.368 e. The van der Waals surface area contributed by atoms with Crippen molar-refractivity contribution in [1.82, 2.24) is 9.97 Å². The summed E-state index contributed by atoms with van der Waals surface area (Å²) in [5, 5.41) is 3.56. The van der Waals surface area contributed by atoms with E-state index >= 15 is 0 Å². The van der Waals surface area contributed by atoms with Gasteiger partial charge in [-0.3, -0.25) is 4.79 Å². The second kappa shape index (κ2) is 8.27. The van der Waals surface area contributed by atoms with Crippen molar-refractivity contribution in [2.45, 2.75) is 0 Å². The number of rotatable bonds is 4. The van der Waals surface area contributed by atoms with Gasteiger partial charge in [-0.05, 0) is 30.3 Å². The number of aromatic nitrogens is 2. The van der Waals surface area contributed by atoms with Gasteiger partial charge in [0.15, 0.2) is 0 Å². The molecule has 1 N–H and O–H groups in total. The van der Waals surface area contributed by atoms with Crippen LogP contribution in [0.5, 0.6) is 0 Å². The van der Waals surface area contributed by atoms with Gasteiger partial charge < -0.3 is 15.1 Å². The fraction of sp³-hybridized carbons (Fsp3) is 0.190. The maximum absolute atomic E-state index is 12.3. The number of carbonyl (C=O) groups excluding carboxylic acids is 1. The molecular weight excluding hydrogens is 374 g/mol. The minimum atomic E-state index is -0.268. The molecule has 0 atom stereocenters. The number of halogens is 1. The quantitative estimate of drug-likeness (QED) is 0.732. The topological polar surface area (TPSA) is 61.4 Å². The molecule has 1 fully saturated rings. The van der Waals surface area contributed by atoms with Gasteiger partial charge in [-0.2, -0.15) is 0 Å². The normalized spacial score (nSPS) is 14.0. The second-order valence-corrected chi connectivity index (χ2v) is 6.97. The molecule has 142 valence electrons. The van der Waals surface area contributed by atoms with E-state index < -0.39 is 0 Å². The Balaban J connectivity index is 1.36. The van der Waals surface area contributed by atoms with E-state index in [4.69, 9.17) is 11.6 Å². The summed E-state index contributed by atoms with van der Waals surface area (Å²) >= 11 is 6.09. The van der Waals surface area contributed by atoms with Crippen molar-refractivity contribution in [2.24, 2.45) is 0 Å². The highest BCUT2D eigenvalue weighted by atomic mass is 35.5. The summed E-state index contributed by atoms with van der Waals surface area (Å²) in [6.07, 6.45) is 3.19. The van der Waals surface area contributed by atoms with Crippen LogP contribution < -0.4 is 15.1 Å². The van der Waals surface area contributed by atoms with Gasteiger partial charge in [-0.1, -0.05) is 35.9 Å². The molecule has 2 aromatic carbocycles. The van der Waals surface area contributed by atoms with Crippen LogP contribution in [0.3, 0.4) is 0 Å². The first-order valence-corrected chi connectivity index (χ1v) is 9.51. The van der Waals surface area contributed by atoms with Gasteiger partial charge in [0.2, 0.25) is 0 Å². The van der Waals surface area contributed by atoms with Gasteiger partial charge in [-0.15, -0.1) is 0 Å². The molecule has 28 heavy (non-hydrogen) atoms. The van der Waals surface area contributed by atoms with E-state index in [1.807, 2.05) is 48.5 Å². The summed E-state index contributed by atoms with van der Waals surface area (Å²) in [5.74, 6) is 0.512. The molecular formula is C21H20ClN5O. The van der Waals surface area contributed by atoms with Crippen LogP contribution in [0, 0.1) is 0 Å². The van der Waals surface area contributed by atoms with E-state index in [0.29, 0.717) is 5.69 Å². The fourth-order valence-electron chi connectivity index (χ4n) is 3.18. The molecule has 1 aliphatic heterocycles. The number of anilines is 3. The molecule has 7 heteroatoms. The van der Waals surface area contributed by atoms with E-state index in [9.17, 15) is 4.79 Å². The third-order valence-corrected chi connectivity index (χ3v) is 4.91. The van der Waals surface area contributed by atoms with Crippen molar-refractivity contribution in [3.05, 3.63) is 77.7 Å². The minimum absolute atomic E-state index is 0.268. The molecule has 1 aliphatic rings. The van der Waals surface area contributed by atoms with Gasteiger partial charge in [0.25, 0.3) is 5.91 Å². The highest BCUT2D eigenvalue weighted by Crippen LogP contribution is 2.22. The molecule has 0 radical (unpaired) electrons. The Hall–Kier alpha value is -3.12. The van der Waals surface area contributed by atoms with Crippen LogP contribution in [0.2, 0.25) is 5.02 Å². The van der Waals surface area contributed by atoms with Crippen LogP contribution in [0.1, 0.15) is 10.5 Å². The van der Waals surface area contributed by atoms with E-state index in [-0.39, 0.29) is 5.91 Å². The van der Waals surface area contributed by atoms with E-state index in [0.717, 1.165) is 48.4 Å². The molecule has 0 saturated carbocycles. The van der Waals surface area contributed by atoms with Crippen LogP contribution in [0.25, 0.3) is 0 Å². The number of para-hydroxylation sites is 1. The Morgan fingerprint density at radius 3 is 2.32 bits per heavy atom. The molecule has 0 unspecified atom stereocenters. The third kappa shape index (κ3) is 4.23. The molecule has 2 heterocycles. The number of carbonyl (C=O) groups is 1. The van der Waals surface area contributed by atoms with Crippen LogP contribution in [0.15, 0.2) is 67.0 Å². The first kappa shape index (κ1) is 18.3. The van der Waals surface area contributed by atoms with E-state index in [1.54, 1.807) is 6.20 Å². The predicted octanol–water partition coefficient (Wildman–Crippen LogP) is 3.71. The minimum Gasteiger partial charge on any atom is -0.368 e. The number of benzene rings is 2. The van der Waals surface area contributed by atoms with E-state index in [1.165, 1.54) is 6.20 Å². The number of nitrogens with one attached hydrogen (secondary N) is 1. The fourth-order valence-corrected chi connectivity index (χ4v) is 3.37. The average molecular weight is 394 g/mol. The zero-order valence-electron chi connectivity index (χ0n) is 15.3. The SMILES string of the molecule is O=C(Nc1ccccc1)c1cnc(N2CCN(c3cccc(Cl)c3)CC2)cn1. The number of amides is 1. The Morgan fingerprint density at radius 1 is 0.893 bits per heavy atom. The Bertz CT molecular complexity index is 941. The summed E-state index contributed by atoms with van der Waals surface area (Å²) in [4.78, 5) is 25.5. The summed E-state index contributed by atoms with van der Waals surface area (Å²) < 4.78 is 0. The lowest BCUT2D eigenvalue weighted by atomic mass is 10.2. The van der Waals surface area contributed by atoms with Gasteiger partial charge >= 0.3 is 0 Å². The molecule has 1 aromatic heterocycles.